The van der Waals surface area contributed by atoms with Gasteiger partial charge in [-0.1, -0.05) is 13.0 Å². The van der Waals surface area contributed by atoms with E-state index in [9.17, 15) is 4.39 Å². The van der Waals surface area contributed by atoms with E-state index in [0.717, 1.165) is 13.1 Å². The maximum Gasteiger partial charge on any atom is 0.170 e. The zero-order valence-electron chi connectivity index (χ0n) is 11.9. The van der Waals surface area contributed by atoms with E-state index in [4.69, 9.17) is 0 Å². The first-order valence-electron chi connectivity index (χ1n) is 6.87. The maximum absolute atomic E-state index is 14.5. The Bertz CT molecular complexity index is 528. The fourth-order valence-electron chi connectivity index (χ4n) is 2.02. The lowest BCUT2D eigenvalue weighted by molar-refractivity contribution is 0.579. The number of pyridine rings is 1. The van der Waals surface area contributed by atoms with E-state index in [1.807, 2.05) is 30.2 Å². The van der Waals surface area contributed by atoms with Crippen LogP contribution in [0.4, 0.5) is 10.2 Å². The van der Waals surface area contributed by atoms with Crippen LogP contribution >= 0.6 is 11.3 Å². The van der Waals surface area contributed by atoms with E-state index < -0.39 is 0 Å². The highest BCUT2D eigenvalue weighted by Crippen LogP contribution is 2.22. The van der Waals surface area contributed by atoms with Crippen LogP contribution in [0.3, 0.4) is 0 Å². The van der Waals surface area contributed by atoms with Crippen LogP contribution in [0.15, 0.2) is 29.8 Å². The summed E-state index contributed by atoms with van der Waals surface area (Å²) in [5.41, 5.74) is 0.668. The van der Waals surface area contributed by atoms with Gasteiger partial charge in [0.05, 0.1) is 6.54 Å². The Balaban J connectivity index is 2.20. The number of thiophene rings is 1. The lowest BCUT2D eigenvalue weighted by Crippen LogP contribution is -2.25. The molecule has 2 aromatic rings. The second kappa shape index (κ2) is 7.36. The van der Waals surface area contributed by atoms with Crippen molar-refractivity contribution in [3.8, 4) is 0 Å². The average Bonchev–Trinajstić information content (AvgIpc) is 2.97. The molecule has 2 heterocycles. The van der Waals surface area contributed by atoms with Crippen LogP contribution in [0.25, 0.3) is 0 Å². The Morgan fingerprint density at radius 2 is 2.20 bits per heavy atom. The molecule has 108 valence electrons. The van der Waals surface area contributed by atoms with Gasteiger partial charge in [0.2, 0.25) is 0 Å². The van der Waals surface area contributed by atoms with E-state index in [1.165, 1.54) is 4.88 Å². The van der Waals surface area contributed by atoms with Crippen LogP contribution in [0.1, 0.15) is 24.3 Å². The first kappa shape index (κ1) is 14.9. The summed E-state index contributed by atoms with van der Waals surface area (Å²) in [6.07, 6.45) is 1.68. The van der Waals surface area contributed by atoms with Crippen LogP contribution in [-0.4, -0.2) is 18.1 Å². The van der Waals surface area contributed by atoms with Crippen molar-refractivity contribution in [3.05, 3.63) is 46.0 Å². The number of nitrogens with zero attached hydrogens (tertiary/aromatic N) is 2. The van der Waals surface area contributed by atoms with Crippen molar-refractivity contribution in [2.24, 2.45) is 0 Å². The normalized spacial score (nSPS) is 10.8. The molecule has 0 aliphatic carbocycles. The smallest absolute Gasteiger partial charge is 0.170 e. The molecule has 0 saturated carbocycles. The zero-order valence-corrected chi connectivity index (χ0v) is 12.7. The Labute approximate surface area is 123 Å². The Morgan fingerprint density at radius 1 is 1.35 bits per heavy atom. The number of nitrogens with one attached hydrogen (secondary N) is 1. The van der Waals surface area contributed by atoms with Gasteiger partial charge < -0.3 is 10.2 Å². The summed E-state index contributed by atoms with van der Waals surface area (Å²) in [5.74, 6) is 0.225. The lowest BCUT2D eigenvalue weighted by atomic mass is 10.2. The molecule has 20 heavy (non-hydrogen) atoms. The minimum absolute atomic E-state index is 0.216. The van der Waals surface area contributed by atoms with Crippen molar-refractivity contribution in [1.82, 2.24) is 10.3 Å². The summed E-state index contributed by atoms with van der Waals surface area (Å²) >= 11 is 1.68. The third kappa shape index (κ3) is 3.55. The molecular weight excluding hydrogens is 273 g/mol. The van der Waals surface area contributed by atoms with Crippen LogP contribution in [0, 0.1) is 5.82 Å². The van der Waals surface area contributed by atoms with Crippen molar-refractivity contribution in [2.75, 3.05) is 18.0 Å². The van der Waals surface area contributed by atoms with E-state index in [-0.39, 0.29) is 5.82 Å². The second-order valence-corrected chi connectivity index (χ2v) is 5.51. The third-order valence-corrected chi connectivity index (χ3v) is 3.99. The summed E-state index contributed by atoms with van der Waals surface area (Å²) in [5, 5.41) is 5.19. The highest BCUT2D eigenvalue weighted by atomic mass is 32.1. The highest BCUT2D eigenvalue weighted by Gasteiger charge is 2.15. The molecule has 0 bridgehead atoms. The first-order chi connectivity index (χ1) is 9.76. The Kier molecular flexibility index (Phi) is 5.49. The zero-order chi connectivity index (χ0) is 14.4. The van der Waals surface area contributed by atoms with Crippen molar-refractivity contribution >= 4 is 17.2 Å². The van der Waals surface area contributed by atoms with Gasteiger partial charge in [0.15, 0.2) is 11.6 Å². The number of anilines is 1. The van der Waals surface area contributed by atoms with E-state index in [1.54, 1.807) is 23.6 Å². The van der Waals surface area contributed by atoms with Gasteiger partial charge in [-0.05, 0) is 31.0 Å². The van der Waals surface area contributed by atoms with Gasteiger partial charge in [-0.25, -0.2) is 9.37 Å². The summed E-state index contributed by atoms with van der Waals surface area (Å²) in [4.78, 5) is 7.41. The number of hydrogen-bond donors (Lipinski definition) is 1. The van der Waals surface area contributed by atoms with E-state index >= 15 is 0 Å². The van der Waals surface area contributed by atoms with Crippen LogP contribution < -0.4 is 10.2 Å². The molecule has 0 aliphatic rings. The molecule has 0 radical (unpaired) electrons. The highest BCUT2D eigenvalue weighted by molar-refractivity contribution is 7.09. The molecule has 1 N–H and O–H groups in total. The third-order valence-electron chi connectivity index (χ3n) is 3.12. The largest absolute Gasteiger partial charge is 0.349 e. The average molecular weight is 293 g/mol. The summed E-state index contributed by atoms with van der Waals surface area (Å²) in [6.45, 7) is 6.81. The predicted octanol–water partition coefficient (Wildman–Crippen LogP) is 3.42. The van der Waals surface area contributed by atoms with Crippen molar-refractivity contribution in [2.45, 2.75) is 26.9 Å². The number of rotatable bonds is 7. The Morgan fingerprint density at radius 3 is 2.85 bits per heavy atom. The minimum atomic E-state index is -0.216. The van der Waals surface area contributed by atoms with Gasteiger partial charge in [-0.3, -0.25) is 0 Å². The van der Waals surface area contributed by atoms with Gasteiger partial charge in [0.25, 0.3) is 0 Å². The van der Waals surface area contributed by atoms with E-state index in [0.29, 0.717) is 24.5 Å². The van der Waals surface area contributed by atoms with Gasteiger partial charge in [0.1, 0.15) is 0 Å². The molecule has 0 atom stereocenters. The molecule has 2 rings (SSSR count). The van der Waals surface area contributed by atoms with Crippen molar-refractivity contribution in [3.63, 3.8) is 0 Å². The predicted molar refractivity (Wildman–Crippen MR) is 82.6 cm³/mol. The fourth-order valence-corrected chi connectivity index (χ4v) is 2.73. The fraction of sp³-hybridized carbons (Fsp3) is 0.400. The molecule has 0 unspecified atom stereocenters. The molecule has 2 aromatic heterocycles. The summed E-state index contributed by atoms with van der Waals surface area (Å²) < 4.78 is 14.5. The summed E-state index contributed by atoms with van der Waals surface area (Å²) in [7, 11) is 0. The molecule has 0 fully saturated rings. The molecule has 0 aliphatic heterocycles. The van der Waals surface area contributed by atoms with Gasteiger partial charge in [0, 0.05) is 29.7 Å². The topological polar surface area (TPSA) is 28.2 Å². The summed E-state index contributed by atoms with van der Waals surface area (Å²) in [6, 6.07) is 5.81. The molecule has 0 amide bonds. The second-order valence-electron chi connectivity index (χ2n) is 4.48. The number of halogens is 1. The lowest BCUT2D eigenvalue weighted by Gasteiger charge is -2.22. The first-order valence-corrected chi connectivity index (χ1v) is 7.75. The van der Waals surface area contributed by atoms with Gasteiger partial charge >= 0.3 is 0 Å². The van der Waals surface area contributed by atoms with Crippen LogP contribution in [-0.2, 0) is 13.1 Å². The van der Waals surface area contributed by atoms with Crippen LogP contribution in [0.5, 0.6) is 0 Å². The molecule has 0 spiro atoms. The standard InChI is InChI=1S/C15H20FN3S/c1-3-17-10-12-7-8-18-15(14(12)16)19(4-2)11-13-6-5-9-20-13/h5-9,17H,3-4,10-11H2,1-2H3. The quantitative estimate of drug-likeness (QED) is 0.848. The maximum atomic E-state index is 14.5. The monoisotopic (exact) mass is 293 g/mol. The van der Waals surface area contributed by atoms with Crippen molar-refractivity contribution in [1.29, 1.82) is 0 Å². The van der Waals surface area contributed by atoms with Gasteiger partial charge in [-0.15, -0.1) is 11.3 Å². The molecule has 3 nitrogen and oxygen atoms in total. The van der Waals surface area contributed by atoms with Crippen LogP contribution in [0.2, 0.25) is 0 Å². The Hall–Kier alpha value is -1.46. The number of hydrogen-bond acceptors (Lipinski definition) is 4. The van der Waals surface area contributed by atoms with Crippen molar-refractivity contribution < 1.29 is 4.39 Å². The number of aromatic nitrogens is 1. The molecule has 0 saturated heterocycles. The SMILES string of the molecule is CCNCc1ccnc(N(CC)Cc2cccs2)c1F. The minimum Gasteiger partial charge on any atom is -0.349 e. The molecule has 5 heteroatoms. The molecule has 0 aromatic carbocycles. The van der Waals surface area contributed by atoms with Gasteiger partial charge in [-0.2, -0.15) is 0 Å². The molecular formula is C15H20FN3S. The van der Waals surface area contributed by atoms with E-state index in [2.05, 4.69) is 16.4 Å².